The highest BCUT2D eigenvalue weighted by Crippen LogP contribution is 2.34. The third kappa shape index (κ3) is 1.52. The normalized spacial score (nSPS) is 11.4. The molecule has 1 heterocycles. The first-order chi connectivity index (χ1) is 9.34. The van der Waals surface area contributed by atoms with E-state index in [1.165, 1.54) is 21.5 Å². The second-order valence-electron chi connectivity index (χ2n) is 4.66. The summed E-state index contributed by atoms with van der Waals surface area (Å²) in [5, 5.41) is 7.81. The SMILES string of the molecule is Clc1cc2c3ccccc3ccc2c2ccncc12. The van der Waals surface area contributed by atoms with Crippen LogP contribution in [0.2, 0.25) is 5.02 Å². The van der Waals surface area contributed by atoms with Gasteiger partial charge in [0.25, 0.3) is 0 Å². The number of fused-ring (bicyclic) bond motifs is 5. The molecule has 0 spiro atoms. The Hall–Kier alpha value is -2.12. The lowest BCUT2D eigenvalue weighted by atomic mass is 9.98. The van der Waals surface area contributed by atoms with Crippen molar-refractivity contribution >= 4 is 43.9 Å². The highest BCUT2D eigenvalue weighted by atomic mass is 35.5. The van der Waals surface area contributed by atoms with Crippen LogP contribution in [-0.2, 0) is 0 Å². The van der Waals surface area contributed by atoms with Gasteiger partial charge < -0.3 is 0 Å². The first-order valence-corrected chi connectivity index (χ1v) is 6.56. The van der Waals surface area contributed by atoms with Crippen LogP contribution in [0.1, 0.15) is 0 Å². The summed E-state index contributed by atoms with van der Waals surface area (Å²) in [5.41, 5.74) is 0. The minimum atomic E-state index is 0.756. The zero-order valence-corrected chi connectivity index (χ0v) is 10.9. The monoisotopic (exact) mass is 263 g/mol. The van der Waals surface area contributed by atoms with Crippen LogP contribution in [-0.4, -0.2) is 4.98 Å². The topological polar surface area (TPSA) is 12.9 Å². The molecule has 0 atom stereocenters. The Morgan fingerprint density at radius 1 is 0.737 bits per heavy atom. The average molecular weight is 264 g/mol. The molecular weight excluding hydrogens is 254 g/mol. The summed E-state index contributed by atoms with van der Waals surface area (Å²) in [4.78, 5) is 4.16. The second-order valence-corrected chi connectivity index (χ2v) is 5.07. The predicted molar refractivity (Wildman–Crippen MR) is 81.8 cm³/mol. The van der Waals surface area contributed by atoms with Gasteiger partial charge in [0.2, 0.25) is 0 Å². The van der Waals surface area contributed by atoms with Crippen LogP contribution in [0.25, 0.3) is 32.3 Å². The van der Waals surface area contributed by atoms with E-state index in [1.54, 1.807) is 0 Å². The van der Waals surface area contributed by atoms with Gasteiger partial charge in [-0.1, -0.05) is 48.0 Å². The average Bonchev–Trinajstić information content (AvgIpc) is 2.47. The van der Waals surface area contributed by atoms with E-state index in [9.17, 15) is 0 Å². The first kappa shape index (κ1) is 10.8. The number of hydrogen-bond donors (Lipinski definition) is 0. The number of hydrogen-bond acceptors (Lipinski definition) is 1. The number of pyridine rings is 1. The number of aromatic nitrogens is 1. The van der Waals surface area contributed by atoms with Crippen molar-refractivity contribution in [3.05, 3.63) is 65.9 Å². The van der Waals surface area contributed by atoms with Gasteiger partial charge in [-0.2, -0.15) is 0 Å². The van der Waals surface area contributed by atoms with Crippen LogP contribution < -0.4 is 0 Å². The molecule has 0 N–H and O–H groups in total. The van der Waals surface area contributed by atoms with Crippen molar-refractivity contribution in [2.45, 2.75) is 0 Å². The van der Waals surface area contributed by atoms with E-state index >= 15 is 0 Å². The van der Waals surface area contributed by atoms with E-state index in [0.717, 1.165) is 15.8 Å². The predicted octanol–water partition coefficient (Wildman–Crippen LogP) is 5.19. The summed E-state index contributed by atoms with van der Waals surface area (Å²) in [6.07, 6.45) is 3.64. The van der Waals surface area contributed by atoms with Crippen LogP contribution >= 0.6 is 11.6 Å². The Kier molecular flexibility index (Phi) is 2.23. The molecule has 0 fully saturated rings. The maximum Gasteiger partial charge on any atom is 0.0506 e. The van der Waals surface area contributed by atoms with Crippen molar-refractivity contribution in [1.29, 1.82) is 0 Å². The Bertz CT molecular complexity index is 928. The fraction of sp³-hybridized carbons (Fsp3) is 0. The second kappa shape index (κ2) is 3.94. The molecule has 3 aromatic carbocycles. The smallest absolute Gasteiger partial charge is 0.0506 e. The standard InChI is InChI=1S/C17H10ClN/c18-17-9-15-12-4-2-1-3-11(12)5-6-13(15)14-7-8-19-10-16(14)17/h1-10H. The lowest BCUT2D eigenvalue weighted by molar-refractivity contribution is 1.37. The van der Waals surface area contributed by atoms with E-state index in [2.05, 4.69) is 41.4 Å². The van der Waals surface area contributed by atoms with Crippen molar-refractivity contribution in [2.75, 3.05) is 0 Å². The van der Waals surface area contributed by atoms with E-state index in [1.807, 2.05) is 24.5 Å². The third-order valence-corrected chi connectivity index (χ3v) is 3.92. The molecule has 0 amide bonds. The Labute approximate surface area is 115 Å². The number of benzene rings is 3. The molecule has 0 saturated carbocycles. The molecule has 1 nitrogen and oxygen atoms in total. The molecule has 1 aromatic heterocycles. The minimum Gasteiger partial charge on any atom is -0.264 e. The zero-order chi connectivity index (χ0) is 12.8. The number of nitrogens with zero attached hydrogens (tertiary/aromatic N) is 1. The van der Waals surface area contributed by atoms with Gasteiger partial charge in [-0.3, -0.25) is 4.98 Å². The summed E-state index contributed by atoms with van der Waals surface area (Å²) in [6, 6.07) is 16.8. The van der Waals surface area contributed by atoms with Gasteiger partial charge in [-0.15, -0.1) is 0 Å². The van der Waals surface area contributed by atoms with Gasteiger partial charge in [-0.05, 0) is 39.1 Å². The lowest BCUT2D eigenvalue weighted by Gasteiger charge is -2.08. The molecule has 0 aliphatic carbocycles. The molecular formula is C17H10ClN. The van der Waals surface area contributed by atoms with Gasteiger partial charge in [0.05, 0.1) is 5.02 Å². The summed E-state index contributed by atoms with van der Waals surface area (Å²) < 4.78 is 0. The number of rotatable bonds is 0. The molecule has 0 radical (unpaired) electrons. The maximum atomic E-state index is 6.40. The van der Waals surface area contributed by atoms with Gasteiger partial charge in [0.15, 0.2) is 0 Å². The molecule has 0 aliphatic heterocycles. The van der Waals surface area contributed by atoms with Gasteiger partial charge in [0.1, 0.15) is 0 Å². The first-order valence-electron chi connectivity index (χ1n) is 6.18. The summed E-state index contributed by atoms with van der Waals surface area (Å²) in [7, 11) is 0. The molecule has 0 saturated heterocycles. The van der Waals surface area contributed by atoms with E-state index in [-0.39, 0.29) is 0 Å². The summed E-state index contributed by atoms with van der Waals surface area (Å²) in [6.45, 7) is 0. The fourth-order valence-corrected chi connectivity index (χ4v) is 2.97. The summed E-state index contributed by atoms with van der Waals surface area (Å²) >= 11 is 6.40. The minimum absolute atomic E-state index is 0.756. The molecule has 19 heavy (non-hydrogen) atoms. The van der Waals surface area contributed by atoms with Crippen molar-refractivity contribution in [3.8, 4) is 0 Å². The van der Waals surface area contributed by atoms with Crippen molar-refractivity contribution in [1.82, 2.24) is 4.98 Å². The molecule has 0 aliphatic rings. The van der Waals surface area contributed by atoms with Crippen LogP contribution in [0.5, 0.6) is 0 Å². The Morgan fingerprint density at radius 2 is 1.58 bits per heavy atom. The van der Waals surface area contributed by atoms with E-state index in [4.69, 9.17) is 11.6 Å². The molecule has 90 valence electrons. The highest BCUT2D eigenvalue weighted by molar-refractivity contribution is 6.38. The largest absolute Gasteiger partial charge is 0.264 e. The van der Waals surface area contributed by atoms with Crippen LogP contribution in [0, 0.1) is 0 Å². The van der Waals surface area contributed by atoms with Crippen LogP contribution in [0.3, 0.4) is 0 Å². The van der Waals surface area contributed by atoms with E-state index < -0.39 is 0 Å². The maximum absolute atomic E-state index is 6.40. The Morgan fingerprint density at radius 3 is 2.53 bits per heavy atom. The van der Waals surface area contributed by atoms with Gasteiger partial charge in [-0.25, -0.2) is 0 Å². The molecule has 0 bridgehead atoms. The lowest BCUT2D eigenvalue weighted by Crippen LogP contribution is -1.83. The molecule has 0 unspecified atom stereocenters. The zero-order valence-electron chi connectivity index (χ0n) is 10.1. The quantitative estimate of drug-likeness (QED) is 0.398. The Balaban J connectivity index is 2.34. The molecule has 4 aromatic rings. The van der Waals surface area contributed by atoms with Crippen molar-refractivity contribution < 1.29 is 0 Å². The molecule has 2 heteroatoms. The van der Waals surface area contributed by atoms with Gasteiger partial charge >= 0.3 is 0 Å². The van der Waals surface area contributed by atoms with Gasteiger partial charge in [0, 0.05) is 17.8 Å². The highest BCUT2D eigenvalue weighted by Gasteiger charge is 2.07. The third-order valence-electron chi connectivity index (χ3n) is 3.61. The fourth-order valence-electron chi connectivity index (χ4n) is 2.71. The van der Waals surface area contributed by atoms with E-state index in [0.29, 0.717) is 0 Å². The van der Waals surface area contributed by atoms with Crippen molar-refractivity contribution in [2.24, 2.45) is 0 Å². The molecule has 4 rings (SSSR count). The summed E-state index contributed by atoms with van der Waals surface area (Å²) in [5.74, 6) is 0. The van der Waals surface area contributed by atoms with Crippen LogP contribution in [0.4, 0.5) is 0 Å². The van der Waals surface area contributed by atoms with Crippen LogP contribution in [0.15, 0.2) is 60.9 Å². The van der Waals surface area contributed by atoms with Crippen molar-refractivity contribution in [3.63, 3.8) is 0 Å². The number of halogens is 1.